The second kappa shape index (κ2) is 7.57. The number of amides is 1. The number of aromatic amines is 1. The SMILES string of the molecule is CN1CCCCC[C@@H]1C(=O)NCCc1nc2ccccc2c(=O)[nH]1. The molecular weight excluding hydrogens is 304 g/mol. The summed E-state index contributed by atoms with van der Waals surface area (Å²) in [6.45, 7) is 1.45. The highest BCUT2D eigenvalue weighted by atomic mass is 16.2. The van der Waals surface area contributed by atoms with Gasteiger partial charge < -0.3 is 10.3 Å². The van der Waals surface area contributed by atoms with E-state index in [-0.39, 0.29) is 17.5 Å². The third kappa shape index (κ3) is 3.82. The van der Waals surface area contributed by atoms with E-state index < -0.39 is 0 Å². The molecule has 1 aromatic carbocycles. The van der Waals surface area contributed by atoms with Gasteiger partial charge in [-0.3, -0.25) is 14.5 Å². The highest BCUT2D eigenvalue weighted by molar-refractivity contribution is 5.81. The van der Waals surface area contributed by atoms with Crippen molar-refractivity contribution in [1.29, 1.82) is 0 Å². The molecule has 3 rings (SSSR count). The van der Waals surface area contributed by atoms with Crippen LogP contribution in [0.15, 0.2) is 29.1 Å². The van der Waals surface area contributed by atoms with E-state index in [0.717, 1.165) is 25.8 Å². The van der Waals surface area contributed by atoms with Gasteiger partial charge in [0.2, 0.25) is 5.91 Å². The van der Waals surface area contributed by atoms with Crippen LogP contribution in [0.25, 0.3) is 10.9 Å². The Balaban J connectivity index is 1.60. The van der Waals surface area contributed by atoms with E-state index in [1.54, 1.807) is 6.07 Å². The zero-order chi connectivity index (χ0) is 16.9. The lowest BCUT2D eigenvalue weighted by molar-refractivity contribution is -0.126. The molecule has 2 N–H and O–H groups in total. The minimum atomic E-state index is -0.134. The molecule has 128 valence electrons. The maximum Gasteiger partial charge on any atom is 0.258 e. The molecule has 1 amide bonds. The van der Waals surface area contributed by atoms with Crippen LogP contribution in [0.3, 0.4) is 0 Å². The summed E-state index contributed by atoms with van der Waals surface area (Å²) in [6.07, 6.45) is 4.87. The summed E-state index contributed by atoms with van der Waals surface area (Å²) in [6, 6.07) is 7.22. The number of hydrogen-bond donors (Lipinski definition) is 2. The molecule has 2 heterocycles. The Kier molecular flexibility index (Phi) is 5.25. The van der Waals surface area contributed by atoms with E-state index in [0.29, 0.717) is 29.7 Å². The normalized spacial score (nSPS) is 19.1. The topological polar surface area (TPSA) is 78.1 Å². The Morgan fingerprint density at radius 1 is 1.33 bits per heavy atom. The zero-order valence-electron chi connectivity index (χ0n) is 14.0. The van der Waals surface area contributed by atoms with Crippen LogP contribution in [0.5, 0.6) is 0 Å². The number of benzene rings is 1. The molecule has 1 aliphatic rings. The molecule has 0 bridgehead atoms. The molecule has 2 aromatic rings. The number of nitrogens with zero attached hydrogens (tertiary/aromatic N) is 2. The van der Waals surface area contributed by atoms with E-state index in [1.807, 2.05) is 25.2 Å². The average Bonchev–Trinajstić information content (AvgIpc) is 2.79. The van der Waals surface area contributed by atoms with Crippen molar-refractivity contribution in [2.45, 2.75) is 38.1 Å². The van der Waals surface area contributed by atoms with Crippen LogP contribution < -0.4 is 10.9 Å². The Hall–Kier alpha value is -2.21. The summed E-state index contributed by atoms with van der Waals surface area (Å²) >= 11 is 0. The molecule has 6 heteroatoms. The Bertz CT molecular complexity index is 771. The number of H-pyrrole nitrogens is 1. The number of carbonyl (C=O) groups is 1. The molecule has 1 atom stereocenters. The van der Waals surface area contributed by atoms with Crippen molar-refractivity contribution in [3.8, 4) is 0 Å². The highest BCUT2D eigenvalue weighted by Crippen LogP contribution is 2.15. The first-order valence-corrected chi connectivity index (χ1v) is 8.61. The monoisotopic (exact) mass is 328 g/mol. The van der Waals surface area contributed by atoms with Gasteiger partial charge in [-0.2, -0.15) is 0 Å². The third-order valence-corrected chi connectivity index (χ3v) is 4.65. The summed E-state index contributed by atoms with van der Waals surface area (Å²) in [4.78, 5) is 33.8. The fourth-order valence-electron chi connectivity index (χ4n) is 3.26. The Morgan fingerprint density at radius 2 is 2.17 bits per heavy atom. The molecule has 1 fully saturated rings. The third-order valence-electron chi connectivity index (χ3n) is 4.65. The fraction of sp³-hybridized carbons (Fsp3) is 0.500. The number of likely N-dealkylation sites (N-methyl/N-ethyl adjacent to an activating group) is 1. The molecule has 1 aromatic heterocycles. The molecule has 0 saturated carbocycles. The van der Waals surface area contributed by atoms with Crippen LogP contribution in [0, 0.1) is 0 Å². The molecule has 0 unspecified atom stereocenters. The Morgan fingerprint density at radius 3 is 3.04 bits per heavy atom. The van der Waals surface area contributed by atoms with Gasteiger partial charge in [0.25, 0.3) is 5.56 Å². The zero-order valence-corrected chi connectivity index (χ0v) is 14.0. The number of likely N-dealkylation sites (tertiary alicyclic amines) is 1. The van der Waals surface area contributed by atoms with Gasteiger partial charge in [0, 0.05) is 13.0 Å². The van der Waals surface area contributed by atoms with E-state index in [2.05, 4.69) is 20.2 Å². The second-order valence-electron chi connectivity index (χ2n) is 6.42. The first-order chi connectivity index (χ1) is 11.6. The largest absolute Gasteiger partial charge is 0.354 e. The number of rotatable bonds is 4. The molecule has 24 heavy (non-hydrogen) atoms. The van der Waals surface area contributed by atoms with E-state index >= 15 is 0 Å². The number of fused-ring (bicyclic) bond motifs is 1. The predicted molar refractivity (Wildman–Crippen MR) is 94.0 cm³/mol. The van der Waals surface area contributed by atoms with Gasteiger partial charge in [0.05, 0.1) is 16.9 Å². The van der Waals surface area contributed by atoms with Crippen molar-refractivity contribution in [3.05, 3.63) is 40.4 Å². The van der Waals surface area contributed by atoms with Crippen molar-refractivity contribution in [3.63, 3.8) is 0 Å². The first kappa shape index (κ1) is 16.6. The van der Waals surface area contributed by atoms with Crippen LogP contribution in [0.2, 0.25) is 0 Å². The maximum absolute atomic E-state index is 12.4. The Labute approximate surface area is 141 Å². The van der Waals surface area contributed by atoms with Gasteiger partial charge in [-0.1, -0.05) is 25.0 Å². The number of nitrogens with one attached hydrogen (secondary N) is 2. The summed E-state index contributed by atoms with van der Waals surface area (Å²) < 4.78 is 0. The van der Waals surface area contributed by atoms with Crippen molar-refractivity contribution in [1.82, 2.24) is 20.2 Å². The molecule has 0 radical (unpaired) electrons. The van der Waals surface area contributed by atoms with Gasteiger partial charge in [0.15, 0.2) is 0 Å². The standard InChI is InChI=1S/C18H24N4O2/c1-22-12-6-2-3-9-15(22)18(24)19-11-10-16-20-14-8-5-4-7-13(14)17(23)21-16/h4-5,7-8,15H,2-3,6,9-12H2,1H3,(H,19,24)(H,20,21,23)/t15-/m1/s1. The summed E-state index contributed by atoms with van der Waals surface area (Å²) in [5.41, 5.74) is 0.552. The summed E-state index contributed by atoms with van der Waals surface area (Å²) in [5, 5.41) is 3.57. The van der Waals surface area contributed by atoms with E-state index in [4.69, 9.17) is 0 Å². The van der Waals surface area contributed by atoms with E-state index in [1.165, 1.54) is 6.42 Å². The van der Waals surface area contributed by atoms with Crippen LogP contribution in [0.1, 0.15) is 31.5 Å². The van der Waals surface area contributed by atoms with Gasteiger partial charge in [-0.05, 0) is 38.6 Å². The van der Waals surface area contributed by atoms with Crippen molar-refractivity contribution in [2.24, 2.45) is 0 Å². The summed E-state index contributed by atoms with van der Waals surface area (Å²) in [5.74, 6) is 0.677. The lowest BCUT2D eigenvalue weighted by Crippen LogP contribution is -2.45. The lowest BCUT2D eigenvalue weighted by Gasteiger charge is -2.24. The average molecular weight is 328 g/mol. The van der Waals surface area contributed by atoms with Crippen LogP contribution in [-0.2, 0) is 11.2 Å². The van der Waals surface area contributed by atoms with Gasteiger partial charge in [-0.25, -0.2) is 4.98 Å². The minimum Gasteiger partial charge on any atom is -0.354 e. The second-order valence-corrected chi connectivity index (χ2v) is 6.42. The highest BCUT2D eigenvalue weighted by Gasteiger charge is 2.24. The predicted octanol–water partition coefficient (Wildman–Crippen LogP) is 1.46. The smallest absolute Gasteiger partial charge is 0.258 e. The summed E-state index contributed by atoms with van der Waals surface area (Å²) in [7, 11) is 2.01. The number of hydrogen-bond acceptors (Lipinski definition) is 4. The first-order valence-electron chi connectivity index (χ1n) is 8.61. The van der Waals surface area contributed by atoms with Crippen molar-refractivity contribution < 1.29 is 4.79 Å². The fourth-order valence-corrected chi connectivity index (χ4v) is 3.26. The molecule has 1 saturated heterocycles. The maximum atomic E-state index is 12.4. The minimum absolute atomic E-state index is 0.0453. The number of aromatic nitrogens is 2. The lowest BCUT2D eigenvalue weighted by atomic mass is 10.1. The molecule has 6 nitrogen and oxygen atoms in total. The van der Waals surface area contributed by atoms with Crippen LogP contribution in [-0.4, -0.2) is 47.0 Å². The van der Waals surface area contributed by atoms with Crippen molar-refractivity contribution >= 4 is 16.8 Å². The van der Waals surface area contributed by atoms with Crippen LogP contribution in [0.4, 0.5) is 0 Å². The van der Waals surface area contributed by atoms with E-state index in [9.17, 15) is 9.59 Å². The molecule has 0 aliphatic carbocycles. The molecule has 0 spiro atoms. The van der Waals surface area contributed by atoms with Gasteiger partial charge >= 0.3 is 0 Å². The number of para-hydroxylation sites is 1. The molecular formula is C18H24N4O2. The van der Waals surface area contributed by atoms with Crippen molar-refractivity contribution in [2.75, 3.05) is 20.1 Å². The quantitative estimate of drug-likeness (QED) is 0.890. The van der Waals surface area contributed by atoms with Gasteiger partial charge in [0.1, 0.15) is 5.82 Å². The van der Waals surface area contributed by atoms with Gasteiger partial charge in [-0.15, -0.1) is 0 Å². The van der Waals surface area contributed by atoms with Crippen LogP contribution >= 0.6 is 0 Å². The number of carbonyl (C=O) groups excluding carboxylic acids is 1. The molecule has 1 aliphatic heterocycles.